The van der Waals surface area contributed by atoms with Gasteiger partial charge in [0, 0.05) is 31.1 Å². The van der Waals surface area contributed by atoms with Crippen molar-refractivity contribution in [1.82, 2.24) is 4.90 Å². The molecule has 1 unspecified atom stereocenters. The number of esters is 1. The Balaban J connectivity index is 1.38. The Morgan fingerprint density at radius 1 is 1.16 bits per heavy atom. The van der Waals surface area contributed by atoms with Crippen LogP contribution in [0.25, 0.3) is 0 Å². The number of methoxy groups -OCH3 is 2. The summed E-state index contributed by atoms with van der Waals surface area (Å²) in [4.78, 5) is 30.9. The van der Waals surface area contributed by atoms with Gasteiger partial charge in [-0.05, 0) is 42.9 Å². The fourth-order valence-electron chi connectivity index (χ4n) is 4.56. The number of carbonyl (C=O) groups is 2. The molecule has 1 saturated heterocycles. The minimum absolute atomic E-state index is 0.0902. The largest absolute Gasteiger partial charge is 0.495 e. The van der Waals surface area contributed by atoms with E-state index in [9.17, 15) is 9.59 Å². The van der Waals surface area contributed by atoms with E-state index < -0.39 is 0 Å². The number of nitrogens with zero attached hydrogens (tertiary/aromatic N) is 2. The molecule has 2 aliphatic rings. The number of ether oxygens (including phenoxy) is 2. The average Bonchev–Trinajstić information content (AvgIpc) is 3.15. The monoisotopic (exact) mass is 457 g/mol. The van der Waals surface area contributed by atoms with Gasteiger partial charge in [0.15, 0.2) is 0 Å². The molecule has 0 saturated carbocycles. The maximum Gasteiger partial charge on any atom is 0.341 e. The third-order valence-electron chi connectivity index (χ3n) is 6.32. The molecule has 0 bridgehead atoms. The van der Waals surface area contributed by atoms with Gasteiger partial charge in [0.05, 0.1) is 32.0 Å². The van der Waals surface area contributed by atoms with Crippen molar-refractivity contribution in [1.29, 1.82) is 0 Å². The molecule has 1 atom stereocenters. The van der Waals surface area contributed by atoms with Gasteiger partial charge in [0.25, 0.3) is 0 Å². The molecule has 0 spiro atoms. The number of amides is 1. The summed E-state index contributed by atoms with van der Waals surface area (Å²) in [5, 5.41) is 3.64. The summed E-state index contributed by atoms with van der Waals surface area (Å²) in [5.41, 5.74) is 2.69. The van der Waals surface area contributed by atoms with Crippen molar-refractivity contribution in [2.75, 3.05) is 57.2 Å². The Bertz CT molecular complexity index is 982. The maximum absolute atomic E-state index is 12.8. The summed E-state index contributed by atoms with van der Waals surface area (Å²) in [7, 11) is 3.08. The number of carbonyl (C=O) groups excluding carboxylic acids is 2. The maximum atomic E-state index is 12.8. The van der Waals surface area contributed by atoms with Gasteiger partial charge in [-0.3, -0.25) is 9.69 Å². The summed E-state index contributed by atoms with van der Waals surface area (Å²) in [6.45, 7) is 5.75. The lowest BCUT2D eigenvalue weighted by molar-refractivity contribution is -0.117. The quantitative estimate of drug-likeness (QED) is 0.671. The molecular weight excluding hydrogens is 426 g/mol. The number of anilines is 2. The first-order valence-corrected chi connectivity index (χ1v) is 11.9. The molecule has 2 aromatic rings. The van der Waals surface area contributed by atoms with Crippen LogP contribution < -0.4 is 15.0 Å². The van der Waals surface area contributed by atoms with Gasteiger partial charge in [0.2, 0.25) is 5.91 Å². The first-order chi connectivity index (χ1) is 15.5. The van der Waals surface area contributed by atoms with E-state index in [1.165, 1.54) is 23.3 Å². The fourth-order valence-corrected chi connectivity index (χ4v) is 5.98. The van der Waals surface area contributed by atoms with Crippen molar-refractivity contribution in [2.45, 2.75) is 26.2 Å². The summed E-state index contributed by atoms with van der Waals surface area (Å²) >= 11 is 1.53. The van der Waals surface area contributed by atoms with E-state index in [4.69, 9.17) is 9.47 Å². The van der Waals surface area contributed by atoms with Crippen LogP contribution in [0, 0.1) is 5.92 Å². The molecule has 1 fully saturated rings. The lowest BCUT2D eigenvalue weighted by atomic mass is 9.88. The average molecular weight is 458 g/mol. The Morgan fingerprint density at radius 3 is 2.62 bits per heavy atom. The summed E-state index contributed by atoms with van der Waals surface area (Å²) < 4.78 is 10.5. The molecule has 1 amide bonds. The highest BCUT2D eigenvalue weighted by atomic mass is 32.1. The van der Waals surface area contributed by atoms with Crippen LogP contribution in [-0.2, 0) is 22.4 Å². The molecule has 0 radical (unpaired) electrons. The van der Waals surface area contributed by atoms with Gasteiger partial charge in [-0.25, -0.2) is 4.79 Å². The van der Waals surface area contributed by atoms with Gasteiger partial charge in [-0.2, -0.15) is 0 Å². The van der Waals surface area contributed by atoms with Crippen LogP contribution in [0.15, 0.2) is 24.3 Å². The van der Waals surface area contributed by atoms with E-state index in [2.05, 4.69) is 28.1 Å². The Hall–Kier alpha value is -2.58. The first-order valence-electron chi connectivity index (χ1n) is 11.1. The number of fused-ring (bicyclic) bond motifs is 1. The number of rotatable bonds is 6. The Kier molecular flexibility index (Phi) is 7.01. The second-order valence-electron chi connectivity index (χ2n) is 8.53. The van der Waals surface area contributed by atoms with Gasteiger partial charge < -0.3 is 19.7 Å². The van der Waals surface area contributed by atoms with E-state index in [-0.39, 0.29) is 11.9 Å². The van der Waals surface area contributed by atoms with E-state index in [1.807, 2.05) is 18.2 Å². The van der Waals surface area contributed by atoms with E-state index in [0.717, 1.165) is 62.4 Å². The second-order valence-corrected chi connectivity index (χ2v) is 9.64. The summed E-state index contributed by atoms with van der Waals surface area (Å²) in [6.07, 6.45) is 2.86. The molecule has 1 aromatic carbocycles. The first kappa shape index (κ1) is 22.6. The van der Waals surface area contributed by atoms with Crippen LogP contribution in [0.3, 0.4) is 0 Å². The van der Waals surface area contributed by atoms with Crippen LogP contribution in [0.5, 0.6) is 5.75 Å². The van der Waals surface area contributed by atoms with Crippen molar-refractivity contribution in [3.63, 3.8) is 0 Å². The van der Waals surface area contributed by atoms with Crippen LogP contribution >= 0.6 is 11.3 Å². The fraction of sp³-hybridized carbons (Fsp3) is 0.500. The molecule has 1 N–H and O–H groups in total. The molecule has 4 rings (SSSR count). The third kappa shape index (κ3) is 4.76. The highest BCUT2D eigenvalue weighted by molar-refractivity contribution is 7.17. The highest BCUT2D eigenvalue weighted by Gasteiger charge is 2.29. The molecule has 8 heteroatoms. The molecule has 7 nitrogen and oxygen atoms in total. The SMILES string of the molecule is COC(=O)c1c(NC(=O)CN2CCN(c3ccccc3OC)CC2)sc2c1CCC(C)C2. The van der Waals surface area contributed by atoms with Crippen molar-refractivity contribution in [3.8, 4) is 5.75 Å². The van der Waals surface area contributed by atoms with Crippen LogP contribution in [0.2, 0.25) is 0 Å². The number of thiophene rings is 1. The lowest BCUT2D eigenvalue weighted by Gasteiger charge is -2.36. The topological polar surface area (TPSA) is 71.1 Å². The lowest BCUT2D eigenvalue weighted by Crippen LogP contribution is -2.48. The number of hydrogen-bond donors (Lipinski definition) is 1. The van der Waals surface area contributed by atoms with Gasteiger partial charge in [-0.1, -0.05) is 19.1 Å². The number of nitrogens with one attached hydrogen (secondary N) is 1. The number of piperazine rings is 1. The smallest absolute Gasteiger partial charge is 0.341 e. The van der Waals surface area contributed by atoms with Crippen molar-refractivity contribution in [2.24, 2.45) is 5.92 Å². The minimum Gasteiger partial charge on any atom is -0.495 e. The zero-order valence-electron chi connectivity index (χ0n) is 19.0. The number of hydrogen-bond acceptors (Lipinski definition) is 7. The zero-order chi connectivity index (χ0) is 22.7. The molecular formula is C24H31N3O4S. The zero-order valence-corrected chi connectivity index (χ0v) is 19.8. The molecule has 172 valence electrons. The predicted octanol–water partition coefficient (Wildman–Crippen LogP) is 3.43. The molecule has 1 aliphatic carbocycles. The molecule has 1 aliphatic heterocycles. The van der Waals surface area contributed by atoms with Crippen molar-refractivity contribution in [3.05, 3.63) is 40.3 Å². The van der Waals surface area contributed by atoms with E-state index >= 15 is 0 Å². The standard InChI is InChI=1S/C24H31N3O4S/c1-16-8-9-17-20(14-16)32-23(22(17)24(29)31-3)25-21(28)15-26-10-12-27(13-11-26)18-6-4-5-7-19(18)30-2/h4-7,16H,8-15H2,1-3H3,(H,25,28). The number of benzene rings is 1. The normalized spacial score (nSPS) is 18.7. The predicted molar refractivity (Wildman–Crippen MR) is 127 cm³/mol. The minimum atomic E-state index is -0.363. The second kappa shape index (κ2) is 9.92. The van der Waals surface area contributed by atoms with Crippen molar-refractivity contribution < 1.29 is 19.1 Å². The summed E-state index contributed by atoms with van der Waals surface area (Å²) in [6, 6.07) is 8.01. The third-order valence-corrected chi connectivity index (χ3v) is 7.49. The summed E-state index contributed by atoms with van der Waals surface area (Å²) in [5.74, 6) is 1.00. The molecule has 1 aromatic heterocycles. The van der Waals surface area contributed by atoms with Gasteiger partial charge >= 0.3 is 5.97 Å². The van der Waals surface area contributed by atoms with Crippen LogP contribution in [0.1, 0.15) is 34.1 Å². The molecule has 32 heavy (non-hydrogen) atoms. The molecule has 2 heterocycles. The Labute approximate surface area is 193 Å². The van der Waals surface area contributed by atoms with Crippen molar-refractivity contribution >= 4 is 33.9 Å². The van der Waals surface area contributed by atoms with E-state index in [0.29, 0.717) is 23.0 Å². The van der Waals surface area contributed by atoms with E-state index in [1.54, 1.807) is 7.11 Å². The van der Waals surface area contributed by atoms with Gasteiger partial charge in [0.1, 0.15) is 10.8 Å². The number of para-hydroxylation sites is 2. The van der Waals surface area contributed by atoms with Crippen LogP contribution in [0.4, 0.5) is 10.7 Å². The highest BCUT2D eigenvalue weighted by Crippen LogP contribution is 2.40. The Morgan fingerprint density at radius 2 is 1.91 bits per heavy atom. The van der Waals surface area contributed by atoms with Crippen LogP contribution in [-0.4, -0.2) is 63.7 Å². The van der Waals surface area contributed by atoms with Gasteiger partial charge in [-0.15, -0.1) is 11.3 Å².